The van der Waals surface area contributed by atoms with Crippen LogP contribution in [0, 0.1) is 20.8 Å². The molecule has 8 heteroatoms. The van der Waals surface area contributed by atoms with E-state index in [1.54, 1.807) is 18.6 Å². The molecule has 3 N–H and O–H groups in total. The van der Waals surface area contributed by atoms with Crippen LogP contribution in [0.25, 0.3) is 10.9 Å². The third-order valence-corrected chi connectivity index (χ3v) is 5.41. The molecule has 0 aliphatic heterocycles. The van der Waals surface area contributed by atoms with Crippen molar-refractivity contribution >= 4 is 44.8 Å². The smallest absolute Gasteiger partial charge is 0.267 e. The second-order valence-electron chi connectivity index (χ2n) is 6.30. The summed E-state index contributed by atoms with van der Waals surface area (Å²) in [6.45, 7) is 5.98. The Morgan fingerprint density at radius 2 is 1.93 bits per heavy atom. The Hall–Kier alpha value is -3.26. The van der Waals surface area contributed by atoms with E-state index in [2.05, 4.69) is 30.8 Å². The van der Waals surface area contributed by atoms with E-state index in [9.17, 15) is 4.79 Å². The Kier molecular flexibility index (Phi) is 4.33. The summed E-state index contributed by atoms with van der Waals surface area (Å²) >= 11 is 1.29. The lowest BCUT2D eigenvalue weighted by molar-refractivity contribution is 0.103. The first kappa shape index (κ1) is 17.2. The molecule has 0 aliphatic rings. The molecule has 4 rings (SSSR count). The van der Waals surface area contributed by atoms with E-state index in [0.717, 1.165) is 39.1 Å². The van der Waals surface area contributed by atoms with Crippen LogP contribution in [-0.2, 0) is 0 Å². The highest BCUT2D eigenvalue weighted by Crippen LogP contribution is 2.28. The van der Waals surface area contributed by atoms with Gasteiger partial charge < -0.3 is 10.6 Å². The van der Waals surface area contributed by atoms with E-state index in [-0.39, 0.29) is 5.91 Å². The fraction of sp³-hybridized carbons (Fsp3) is 0.158. The summed E-state index contributed by atoms with van der Waals surface area (Å²) in [7, 11) is 0. The van der Waals surface area contributed by atoms with Crippen molar-refractivity contribution in [1.29, 1.82) is 0 Å². The van der Waals surface area contributed by atoms with Gasteiger partial charge in [-0.2, -0.15) is 5.10 Å². The monoisotopic (exact) mass is 378 g/mol. The molecule has 0 aliphatic carbocycles. The van der Waals surface area contributed by atoms with Crippen molar-refractivity contribution < 1.29 is 4.79 Å². The maximum absolute atomic E-state index is 12.7. The molecule has 1 amide bonds. The number of fused-ring (bicyclic) bond motifs is 1. The van der Waals surface area contributed by atoms with Crippen LogP contribution in [0.2, 0.25) is 0 Å². The third kappa shape index (κ3) is 3.26. The molecule has 0 spiro atoms. The predicted molar refractivity (Wildman–Crippen MR) is 108 cm³/mol. The number of aryl methyl sites for hydroxylation is 2. The van der Waals surface area contributed by atoms with Gasteiger partial charge in [0, 0.05) is 11.6 Å². The average molecular weight is 378 g/mol. The lowest BCUT2D eigenvalue weighted by Crippen LogP contribution is -2.11. The van der Waals surface area contributed by atoms with Gasteiger partial charge in [0.15, 0.2) is 5.13 Å². The van der Waals surface area contributed by atoms with Crippen LogP contribution >= 0.6 is 11.3 Å². The number of benzene rings is 1. The predicted octanol–water partition coefficient (Wildman–Crippen LogP) is 4.34. The van der Waals surface area contributed by atoms with Crippen molar-refractivity contribution in [3.05, 3.63) is 58.4 Å². The number of carbonyl (C=O) groups excluding carboxylic acids is 1. The number of carbonyl (C=O) groups is 1. The summed E-state index contributed by atoms with van der Waals surface area (Å²) in [5, 5.41) is 14.6. The molecule has 136 valence electrons. The van der Waals surface area contributed by atoms with Crippen molar-refractivity contribution in [3.8, 4) is 0 Å². The topological polar surface area (TPSA) is 95.6 Å². The number of aromatic amines is 1. The number of hydrogen-bond donors (Lipinski definition) is 3. The second kappa shape index (κ2) is 6.81. The number of aromatic nitrogens is 4. The number of thiazole rings is 1. The van der Waals surface area contributed by atoms with Gasteiger partial charge in [-0.1, -0.05) is 17.4 Å². The van der Waals surface area contributed by atoms with E-state index >= 15 is 0 Å². The highest BCUT2D eigenvalue weighted by Gasteiger charge is 2.15. The van der Waals surface area contributed by atoms with E-state index in [1.807, 2.05) is 39.0 Å². The van der Waals surface area contributed by atoms with Crippen LogP contribution in [0.3, 0.4) is 0 Å². The van der Waals surface area contributed by atoms with Crippen LogP contribution < -0.4 is 10.6 Å². The lowest BCUT2D eigenvalue weighted by Gasteiger charge is -2.08. The first-order valence-corrected chi connectivity index (χ1v) is 9.23. The summed E-state index contributed by atoms with van der Waals surface area (Å²) in [6, 6.07) is 5.85. The first-order chi connectivity index (χ1) is 13.0. The Morgan fingerprint density at radius 1 is 1.07 bits per heavy atom. The molecule has 0 atom stereocenters. The zero-order valence-electron chi connectivity index (χ0n) is 15.1. The maximum Gasteiger partial charge on any atom is 0.267 e. The summed E-state index contributed by atoms with van der Waals surface area (Å²) in [5.41, 5.74) is 4.81. The van der Waals surface area contributed by atoms with Crippen molar-refractivity contribution in [2.45, 2.75) is 20.8 Å². The van der Waals surface area contributed by atoms with Gasteiger partial charge in [0.05, 0.1) is 23.6 Å². The Balaban J connectivity index is 1.56. The number of rotatable bonds is 4. The third-order valence-electron chi connectivity index (χ3n) is 4.50. The number of amides is 1. The number of H-pyrrole nitrogens is 1. The van der Waals surface area contributed by atoms with Crippen molar-refractivity contribution in [2.75, 3.05) is 10.6 Å². The highest BCUT2D eigenvalue weighted by atomic mass is 32.1. The zero-order chi connectivity index (χ0) is 19.0. The van der Waals surface area contributed by atoms with Crippen molar-refractivity contribution in [2.24, 2.45) is 0 Å². The molecule has 0 fully saturated rings. The van der Waals surface area contributed by atoms with Gasteiger partial charge in [-0.05, 0) is 49.6 Å². The van der Waals surface area contributed by atoms with Gasteiger partial charge in [0.2, 0.25) is 0 Å². The summed E-state index contributed by atoms with van der Waals surface area (Å²) in [4.78, 5) is 21.9. The quantitative estimate of drug-likeness (QED) is 0.491. The van der Waals surface area contributed by atoms with E-state index in [4.69, 9.17) is 0 Å². The minimum Gasteiger partial charge on any atom is -0.320 e. The number of hydrogen-bond acceptors (Lipinski definition) is 6. The Labute approximate surface area is 159 Å². The molecule has 3 heterocycles. The van der Waals surface area contributed by atoms with Gasteiger partial charge >= 0.3 is 0 Å². The van der Waals surface area contributed by atoms with Crippen molar-refractivity contribution in [3.63, 3.8) is 0 Å². The van der Waals surface area contributed by atoms with Gasteiger partial charge in [-0.25, -0.2) is 9.97 Å². The summed E-state index contributed by atoms with van der Waals surface area (Å²) in [5.74, 6) is 0.543. The zero-order valence-corrected chi connectivity index (χ0v) is 15.9. The SMILES string of the molecule is Cc1ccnc(Nc2ncc(C(=O)Nc3c(C)ccc4[nH]ncc34)s2)c1C. The normalized spacial score (nSPS) is 10.9. The molecule has 27 heavy (non-hydrogen) atoms. The molecule has 4 aromatic rings. The van der Waals surface area contributed by atoms with Gasteiger partial charge in [0.1, 0.15) is 10.7 Å². The van der Waals surface area contributed by atoms with Crippen LogP contribution in [0.5, 0.6) is 0 Å². The number of nitrogens with one attached hydrogen (secondary N) is 3. The summed E-state index contributed by atoms with van der Waals surface area (Å²) < 4.78 is 0. The fourth-order valence-electron chi connectivity index (χ4n) is 2.76. The minimum absolute atomic E-state index is 0.203. The van der Waals surface area contributed by atoms with Crippen LogP contribution in [0.1, 0.15) is 26.4 Å². The Morgan fingerprint density at radius 3 is 2.78 bits per heavy atom. The van der Waals surface area contributed by atoms with E-state index in [1.165, 1.54) is 11.3 Å². The molecular weight excluding hydrogens is 360 g/mol. The van der Waals surface area contributed by atoms with E-state index < -0.39 is 0 Å². The minimum atomic E-state index is -0.203. The Bertz CT molecular complexity index is 1150. The van der Waals surface area contributed by atoms with Gasteiger partial charge in [-0.3, -0.25) is 9.89 Å². The van der Waals surface area contributed by atoms with Gasteiger partial charge in [0.25, 0.3) is 5.91 Å². The molecule has 0 unspecified atom stereocenters. The van der Waals surface area contributed by atoms with E-state index in [0.29, 0.717) is 10.0 Å². The number of anilines is 3. The number of pyridine rings is 1. The molecule has 0 radical (unpaired) electrons. The van der Waals surface area contributed by atoms with Crippen molar-refractivity contribution in [1.82, 2.24) is 20.2 Å². The molecule has 3 aromatic heterocycles. The molecule has 0 saturated carbocycles. The standard InChI is InChI=1S/C19H18N6OS/c1-10-6-7-20-17(12(10)3)24-19-21-9-15(27-19)18(26)23-16-11(2)4-5-14-13(16)8-22-25-14/h4-9H,1-3H3,(H,22,25)(H,23,26)(H,20,21,24). The number of nitrogens with zero attached hydrogens (tertiary/aromatic N) is 3. The highest BCUT2D eigenvalue weighted by molar-refractivity contribution is 7.17. The van der Waals surface area contributed by atoms with Crippen LogP contribution in [0.4, 0.5) is 16.6 Å². The fourth-order valence-corrected chi connectivity index (χ4v) is 3.47. The molecule has 1 aromatic carbocycles. The second-order valence-corrected chi connectivity index (χ2v) is 7.33. The lowest BCUT2D eigenvalue weighted by atomic mass is 10.1. The van der Waals surface area contributed by atoms with Crippen LogP contribution in [0.15, 0.2) is 36.8 Å². The first-order valence-electron chi connectivity index (χ1n) is 8.42. The molecular formula is C19H18N6OS. The largest absolute Gasteiger partial charge is 0.320 e. The maximum atomic E-state index is 12.7. The van der Waals surface area contributed by atoms with Gasteiger partial charge in [-0.15, -0.1) is 0 Å². The molecule has 0 bridgehead atoms. The average Bonchev–Trinajstić information content (AvgIpc) is 3.31. The molecule has 7 nitrogen and oxygen atoms in total. The summed E-state index contributed by atoms with van der Waals surface area (Å²) in [6.07, 6.45) is 5.03. The molecule has 0 saturated heterocycles. The van der Waals surface area contributed by atoms with Crippen LogP contribution in [-0.4, -0.2) is 26.1 Å².